The second-order valence-corrected chi connectivity index (χ2v) is 5.11. The molecule has 7 heteroatoms. The van der Waals surface area contributed by atoms with Crippen LogP contribution in [0.5, 0.6) is 0 Å². The molecule has 1 aromatic heterocycles. The molecule has 7 nitrogen and oxygen atoms in total. The minimum absolute atomic E-state index is 0.0785. The Balaban J connectivity index is 2.29. The van der Waals surface area contributed by atoms with E-state index >= 15 is 0 Å². The van der Waals surface area contributed by atoms with Crippen LogP contribution in [0.2, 0.25) is 0 Å². The molecule has 0 radical (unpaired) electrons. The molecule has 0 aliphatic carbocycles. The van der Waals surface area contributed by atoms with Crippen LogP contribution < -0.4 is 4.90 Å². The number of anilines is 1. The Bertz CT molecular complexity index is 534. The van der Waals surface area contributed by atoms with Gasteiger partial charge in [0, 0.05) is 25.4 Å². The van der Waals surface area contributed by atoms with Gasteiger partial charge in [0.05, 0.1) is 10.3 Å². The van der Waals surface area contributed by atoms with Gasteiger partial charge in [-0.25, -0.2) is 4.98 Å². The normalized spacial score (nSPS) is 21.9. The lowest BCUT2D eigenvalue weighted by Gasteiger charge is -2.24. The predicted molar refractivity (Wildman–Crippen MR) is 72.7 cm³/mol. The molecule has 20 heavy (non-hydrogen) atoms. The number of nitro groups is 1. The molecule has 108 valence electrons. The van der Waals surface area contributed by atoms with E-state index in [0.717, 1.165) is 6.42 Å². The summed E-state index contributed by atoms with van der Waals surface area (Å²) >= 11 is 0. The van der Waals surface area contributed by atoms with Gasteiger partial charge in [-0.1, -0.05) is 13.3 Å². The summed E-state index contributed by atoms with van der Waals surface area (Å²) < 4.78 is 0. The first-order valence-electron chi connectivity index (χ1n) is 6.58. The number of hydrogen-bond donors (Lipinski definition) is 1. The number of hydrogen-bond acceptors (Lipinski definition) is 5. The molecule has 0 amide bonds. The number of nitrogens with zero attached hydrogens (tertiary/aromatic N) is 3. The molecule has 1 aromatic rings. The fraction of sp³-hybridized carbons (Fsp3) is 0.538. The van der Waals surface area contributed by atoms with Crippen LogP contribution in [0.4, 0.5) is 11.5 Å². The molecule has 1 atom stereocenters. The summed E-state index contributed by atoms with van der Waals surface area (Å²) in [7, 11) is 0. The molecule has 1 N–H and O–H groups in total. The number of carbonyl (C=O) groups is 1. The van der Waals surface area contributed by atoms with Gasteiger partial charge in [0.1, 0.15) is 0 Å². The quantitative estimate of drug-likeness (QED) is 0.654. The summed E-state index contributed by atoms with van der Waals surface area (Å²) in [5.41, 5.74) is -0.898. The van der Waals surface area contributed by atoms with Gasteiger partial charge in [-0.3, -0.25) is 14.9 Å². The maximum absolute atomic E-state index is 11.5. The Morgan fingerprint density at radius 1 is 1.65 bits per heavy atom. The zero-order valence-corrected chi connectivity index (χ0v) is 11.3. The number of rotatable bonds is 5. The first kappa shape index (κ1) is 14.2. The molecule has 0 saturated carbocycles. The van der Waals surface area contributed by atoms with Gasteiger partial charge in [-0.15, -0.1) is 0 Å². The highest BCUT2D eigenvalue weighted by Gasteiger charge is 2.45. The van der Waals surface area contributed by atoms with Crippen molar-refractivity contribution in [3.8, 4) is 0 Å². The standard InChI is InChI=1S/C13H17N3O4/c1-2-5-13(12(17)18)6-8-15(9-13)11-10(16(19)20)4-3-7-14-11/h3-4,7H,2,5-6,8-9H2,1H3,(H,17,18). The molecular weight excluding hydrogens is 262 g/mol. The molecule has 1 aliphatic heterocycles. The Kier molecular flexibility index (Phi) is 3.87. The number of carboxylic acid groups (broad SMARTS) is 1. The molecular formula is C13H17N3O4. The molecule has 2 heterocycles. The second-order valence-electron chi connectivity index (χ2n) is 5.11. The van der Waals surface area contributed by atoms with E-state index < -0.39 is 16.3 Å². The minimum Gasteiger partial charge on any atom is -0.481 e. The van der Waals surface area contributed by atoms with E-state index in [9.17, 15) is 20.0 Å². The van der Waals surface area contributed by atoms with Crippen molar-refractivity contribution in [3.63, 3.8) is 0 Å². The van der Waals surface area contributed by atoms with Gasteiger partial charge in [0.25, 0.3) is 0 Å². The third-order valence-electron chi connectivity index (χ3n) is 3.80. The monoisotopic (exact) mass is 279 g/mol. The van der Waals surface area contributed by atoms with Gasteiger partial charge in [-0.2, -0.15) is 0 Å². The summed E-state index contributed by atoms with van der Waals surface area (Å²) in [5, 5.41) is 20.5. The molecule has 1 unspecified atom stereocenters. The van der Waals surface area contributed by atoms with Crippen LogP contribution in [-0.4, -0.2) is 34.1 Å². The van der Waals surface area contributed by atoms with E-state index in [2.05, 4.69) is 4.98 Å². The SMILES string of the molecule is CCCC1(C(=O)O)CCN(c2ncccc2[N+](=O)[O-])C1. The fourth-order valence-electron chi connectivity index (χ4n) is 2.79. The lowest BCUT2D eigenvalue weighted by Crippen LogP contribution is -2.35. The predicted octanol–water partition coefficient (Wildman–Crippen LogP) is 2.07. The highest BCUT2D eigenvalue weighted by molar-refractivity contribution is 5.77. The molecule has 0 aromatic carbocycles. The molecule has 1 saturated heterocycles. The summed E-state index contributed by atoms with van der Waals surface area (Å²) in [4.78, 5) is 27.8. The van der Waals surface area contributed by atoms with Crippen molar-refractivity contribution < 1.29 is 14.8 Å². The largest absolute Gasteiger partial charge is 0.481 e. The van der Waals surface area contributed by atoms with E-state index in [4.69, 9.17) is 0 Å². The summed E-state index contributed by atoms with van der Waals surface area (Å²) in [5.74, 6) is -0.572. The van der Waals surface area contributed by atoms with Crippen LogP contribution in [0.25, 0.3) is 0 Å². The van der Waals surface area contributed by atoms with Crippen molar-refractivity contribution in [1.82, 2.24) is 4.98 Å². The molecule has 0 bridgehead atoms. The summed E-state index contributed by atoms with van der Waals surface area (Å²) in [6.07, 6.45) is 3.32. The van der Waals surface area contributed by atoms with Crippen LogP contribution in [-0.2, 0) is 4.79 Å². The number of aliphatic carboxylic acids is 1. The van der Waals surface area contributed by atoms with E-state index in [1.54, 1.807) is 4.90 Å². The molecule has 0 spiro atoms. The van der Waals surface area contributed by atoms with E-state index in [1.165, 1.54) is 18.3 Å². The number of carboxylic acids is 1. The van der Waals surface area contributed by atoms with Crippen molar-refractivity contribution in [3.05, 3.63) is 28.4 Å². The van der Waals surface area contributed by atoms with Gasteiger partial charge >= 0.3 is 11.7 Å². The van der Waals surface area contributed by atoms with Crippen molar-refractivity contribution in [2.24, 2.45) is 5.41 Å². The van der Waals surface area contributed by atoms with Crippen LogP contribution in [0.3, 0.4) is 0 Å². The van der Waals surface area contributed by atoms with Crippen molar-refractivity contribution in [2.75, 3.05) is 18.0 Å². The maximum Gasteiger partial charge on any atom is 0.311 e. The molecule has 1 fully saturated rings. The third-order valence-corrected chi connectivity index (χ3v) is 3.80. The average molecular weight is 279 g/mol. The van der Waals surface area contributed by atoms with Crippen molar-refractivity contribution in [2.45, 2.75) is 26.2 Å². The lowest BCUT2D eigenvalue weighted by molar-refractivity contribution is -0.384. The highest BCUT2D eigenvalue weighted by atomic mass is 16.6. The summed E-state index contributed by atoms with van der Waals surface area (Å²) in [6.45, 7) is 2.69. The first-order chi connectivity index (χ1) is 9.50. The minimum atomic E-state index is -0.833. The lowest BCUT2D eigenvalue weighted by atomic mass is 9.83. The Morgan fingerprint density at radius 2 is 2.40 bits per heavy atom. The smallest absolute Gasteiger partial charge is 0.311 e. The van der Waals surface area contributed by atoms with Gasteiger partial charge in [-0.05, 0) is 18.9 Å². The molecule has 2 rings (SSSR count). The Morgan fingerprint density at radius 3 is 3.00 bits per heavy atom. The van der Waals surface area contributed by atoms with Crippen LogP contribution in [0.1, 0.15) is 26.2 Å². The van der Waals surface area contributed by atoms with E-state index in [0.29, 0.717) is 19.4 Å². The summed E-state index contributed by atoms with van der Waals surface area (Å²) in [6, 6.07) is 2.90. The van der Waals surface area contributed by atoms with Crippen LogP contribution >= 0.6 is 0 Å². The Hall–Kier alpha value is -2.18. The fourth-order valence-corrected chi connectivity index (χ4v) is 2.79. The molecule has 1 aliphatic rings. The maximum atomic E-state index is 11.5. The van der Waals surface area contributed by atoms with Gasteiger partial charge in [0.2, 0.25) is 5.82 Å². The van der Waals surface area contributed by atoms with Crippen molar-refractivity contribution in [1.29, 1.82) is 0 Å². The third kappa shape index (κ3) is 2.43. The van der Waals surface area contributed by atoms with Crippen LogP contribution in [0, 0.1) is 15.5 Å². The first-order valence-corrected chi connectivity index (χ1v) is 6.58. The van der Waals surface area contributed by atoms with Crippen LogP contribution in [0.15, 0.2) is 18.3 Å². The number of pyridine rings is 1. The highest BCUT2D eigenvalue weighted by Crippen LogP contribution is 2.39. The van der Waals surface area contributed by atoms with Gasteiger partial charge < -0.3 is 10.0 Å². The zero-order valence-electron chi connectivity index (χ0n) is 11.3. The van der Waals surface area contributed by atoms with E-state index in [-0.39, 0.29) is 18.1 Å². The van der Waals surface area contributed by atoms with Crippen molar-refractivity contribution >= 4 is 17.5 Å². The zero-order chi connectivity index (χ0) is 14.8. The average Bonchev–Trinajstić information content (AvgIpc) is 2.85. The van der Waals surface area contributed by atoms with E-state index in [1.807, 2.05) is 6.92 Å². The number of aromatic nitrogens is 1. The Labute approximate surface area is 116 Å². The topological polar surface area (TPSA) is 96.6 Å². The van der Waals surface area contributed by atoms with Gasteiger partial charge in [0.15, 0.2) is 0 Å². The second kappa shape index (κ2) is 5.44.